The molecule has 18 rings (SSSR count). The number of ether oxygens (including phenoxy) is 1. The molecule has 0 atom stereocenters. The molecule has 6 aromatic carbocycles. The van der Waals surface area contributed by atoms with Crippen molar-refractivity contribution in [1.29, 1.82) is 0 Å². The molecule has 12 aromatic rings. The molecule has 0 bridgehead atoms. The van der Waals surface area contributed by atoms with Gasteiger partial charge in [0.2, 0.25) is 0 Å². The zero-order valence-electron chi connectivity index (χ0n) is 51.7. The van der Waals surface area contributed by atoms with E-state index in [2.05, 4.69) is 140 Å². The van der Waals surface area contributed by atoms with Crippen molar-refractivity contribution in [1.82, 2.24) is 15.5 Å². The minimum Gasteiger partial charge on any atom is -0.497 e. The highest BCUT2D eigenvalue weighted by Crippen LogP contribution is 2.44. The molecule has 0 saturated carbocycles. The molecule has 0 aliphatic heterocycles. The third-order valence-electron chi connectivity index (χ3n) is 17.9. The highest BCUT2D eigenvalue weighted by molar-refractivity contribution is 7.16. The molecule has 6 heterocycles. The van der Waals surface area contributed by atoms with E-state index in [1.165, 1.54) is 132 Å². The summed E-state index contributed by atoms with van der Waals surface area (Å²) in [5.41, 5.74) is 27.9. The molecule has 12 heteroatoms. The molecule has 0 unspecified atom stereocenters. The maximum Gasteiger partial charge on any atom is 0.170 e. The summed E-state index contributed by atoms with van der Waals surface area (Å²) >= 11 is 5.61. The molecule has 89 heavy (non-hydrogen) atoms. The van der Waals surface area contributed by atoms with Crippen LogP contribution in [0, 0.1) is 60.1 Å². The Balaban J connectivity index is 0.0000000983. The molecule has 6 aliphatic carbocycles. The lowest BCUT2D eigenvalue weighted by atomic mass is 9.89. The second-order valence-corrected chi connectivity index (χ2v) is 27.7. The van der Waals surface area contributed by atoms with Crippen LogP contribution in [0.5, 0.6) is 5.75 Å². The van der Waals surface area contributed by atoms with Crippen LogP contribution in [0.3, 0.4) is 0 Å². The molecule has 0 amide bonds. The van der Waals surface area contributed by atoms with Crippen LogP contribution in [0.25, 0.3) is 65.3 Å². The molecule has 0 radical (unpaired) electrons. The van der Waals surface area contributed by atoms with Crippen LogP contribution >= 0.6 is 34.0 Å². The van der Waals surface area contributed by atoms with Crippen molar-refractivity contribution in [3.63, 3.8) is 0 Å². The lowest BCUT2D eigenvalue weighted by Gasteiger charge is -2.16. The van der Waals surface area contributed by atoms with E-state index in [4.69, 9.17) is 18.3 Å². The van der Waals surface area contributed by atoms with Gasteiger partial charge in [0.05, 0.1) is 24.2 Å². The Morgan fingerprint density at radius 1 is 0.337 bits per heavy atom. The molecule has 6 aromatic heterocycles. The second-order valence-electron chi connectivity index (χ2n) is 24.0. The SMILES string of the molecule is COc1ccc2c(c1)CCc1cc(C)sc1-2.Cc1cc2c(s1)-c1cc(F)ccc1CC2.Cc1cc2c(s1)-c1ccccc1CC2.Cc1ccc2c(c1)CCc1c(C)noc1-2.Cc1noc2c1CCc1cc(F)ccc1-2.Cc1noc2c1CCc1ccccc1-2. The number of hydrogen-bond acceptors (Lipinski definition) is 10. The number of fused-ring (bicyclic) bond motifs is 18. The maximum atomic E-state index is 13.2. The molecule has 0 N–H and O–H groups in total. The van der Waals surface area contributed by atoms with E-state index in [0.717, 1.165) is 120 Å². The van der Waals surface area contributed by atoms with Gasteiger partial charge >= 0.3 is 0 Å². The highest BCUT2D eigenvalue weighted by atomic mass is 32.1. The number of hydrogen-bond donors (Lipinski definition) is 0. The summed E-state index contributed by atoms with van der Waals surface area (Å²) in [6.45, 7) is 14.6. The number of nitrogens with zero attached hydrogens (tertiary/aromatic N) is 3. The quantitative estimate of drug-likeness (QED) is 0.162. The Morgan fingerprint density at radius 2 is 0.708 bits per heavy atom. The summed E-state index contributed by atoms with van der Waals surface area (Å²) in [6.07, 6.45) is 12.9. The Kier molecular flexibility index (Phi) is 17.2. The van der Waals surface area contributed by atoms with Gasteiger partial charge in [-0.25, -0.2) is 8.78 Å². The number of rotatable bonds is 1. The van der Waals surface area contributed by atoms with E-state index in [-0.39, 0.29) is 11.6 Å². The number of thiophene rings is 3. The number of benzene rings is 6. The van der Waals surface area contributed by atoms with Crippen LogP contribution in [0.15, 0.2) is 153 Å². The van der Waals surface area contributed by atoms with Gasteiger partial charge < -0.3 is 18.3 Å². The average molecular weight is 1240 g/mol. The minimum absolute atomic E-state index is 0.132. The van der Waals surface area contributed by atoms with E-state index in [0.29, 0.717) is 0 Å². The molecule has 6 aliphatic rings. The third-order valence-corrected chi connectivity index (χ3v) is 21.3. The smallest absolute Gasteiger partial charge is 0.170 e. The fourth-order valence-electron chi connectivity index (χ4n) is 13.4. The van der Waals surface area contributed by atoms with Crippen molar-refractivity contribution in [2.24, 2.45) is 0 Å². The molecular weight excluding hydrogens is 1170 g/mol. The van der Waals surface area contributed by atoms with E-state index in [1.807, 2.05) is 55.6 Å². The summed E-state index contributed by atoms with van der Waals surface area (Å²) in [5, 5.41) is 12.0. The summed E-state index contributed by atoms with van der Waals surface area (Å²) in [7, 11) is 1.73. The van der Waals surface area contributed by atoms with Gasteiger partial charge in [-0.05, 0) is 259 Å². The minimum atomic E-state index is -0.187. The first-order valence-corrected chi connectivity index (χ1v) is 33.3. The van der Waals surface area contributed by atoms with Crippen LogP contribution in [-0.4, -0.2) is 22.6 Å². The zero-order valence-corrected chi connectivity index (χ0v) is 54.2. The van der Waals surface area contributed by atoms with Gasteiger partial charge in [0.15, 0.2) is 17.3 Å². The Labute approximate surface area is 532 Å². The fourth-order valence-corrected chi connectivity index (χ4v) is 16.7. The summed E-state index contributed by atoms with van der Waals surface area (Å²) in [5.74, 6) is 3.42. The van der Waals surface area contributed by atoms with Crippen molar-refractivity contribution < 1.29 is 27.1 Å². The Bertz CT molecular complexity index is 4450. The Hall–Kier alpha value is -8.29. The number of aryl methyl sites for hydroxylation is 16. The van der Waals surface area contributed by atoms with Crippen molar-refractivity contribution in [2.75, 3.05) is 7.11 Å². The van der Waals surface area contributed by atoms with Gasteiger partial charge in [-0.2, -0.15) is 0 Å². The standard InChI is InChI=1S/C14H14OS.C13H11FS.C13H13NO.C13H12S.C12H10FNO.C12H11NO/c1-9-7-11-4-3-10-8-12(15-2)5-6-13(10)14(11)16-9;1-8-6-10-3-2-9-4-5-11(14)7-12(9)13(10)15-8;1-8-3-5-12-10(7-8)4-6-11-9(2)14-15-13(11)12;1-9-8-11-7-6-10-4-2-3-5-12(10)13(11)14-9;1-7-10-4-2-8-6-9(13)3-5-11(8)12(10)15-14-7;1-8-10-7-6-9-4-2-3-5-11(9)12(10)14-13-8/h5-8H,3-4H2,1-2H3;4-7H,2-3H2,1H3;3,5,7H,4,6H2,1-2H3;2-5,8H,6-7H2,1H3;3,5-6H,2,4H2,1H3;2-5H,6-7H2,1H3. The lowest BCUT2D eigenvalue weighted by molar-refractivity contribution is 0.414. The Morgan fingerprint density at radius 3 is 1.26 bits per heavy atom. The van der Waals surface area contributed by atoms with Gasteiger partial charge in [0.25, 0.3) is 0 Å². The highest BCUT2D eigenvalue weighted by Gasteiger charge is 2.26. The number of methoxy groups -OCH3 is 1. The first kappa shape index (κ1) is 59.7. The van der Waals surface area contributed by atoms with Crippen LogP contribution in [0.2, 0.25) is 0 Å². The van der Waals surface area contributed by atoms with Gasteiger partial charge in [-0.1, -0.05) is 93.8 Å². The van der Waals surface area contributed by atoms with Crippen molar-refractivity contribution in [3.8, 4) is 71.0 Å². The van der Waals surface area contributed by atoms with Crippen LogP contribution in [-0.2, 0) is 77.0 Å². The second kappa shape index (κ2) is 25.7. The molecule has 0 spiro atoms. The lowest BCUT2D eigenvalue weighted by Crippen LogP contribution is -2.03. The summed E-state index contributed by atoms with van der Waals surface area (Å²) < 4.78 is 47.6. The number of aromatic nitrogens is 3. The van der Waals surface area contributed by atoms with E-state index >= 15 is 0 Å². The van der Waals surface area contributed by atoms with Gasteiger partial charge in [-0.3, -0.25) is 0 Å². The largest absolute Gasteiger partial charge is 0.497 e. The first-order valence-electron chi connectivity index (χ1n) is 30.9. The summed E-state index contributed by atoms with van der Waals surface area (Å²) in [4.78, 5) is 8.40. The van der Waals surface area contributed by atoms with Crippen LogP contribution < -0.4 is 4.74 Å². The molecule has 0 fully saturated rings. The topological polar surface area (TPSA) is 87.3 Å². The monoisotopic (exact) mass is 1240 g/mol. The van der Waals surface area contributed by atoms with Crippen molar-refractivity contribution in [3.05, 3.63) is 255 Å². The molecule has 7 nitrogen and oxygen atoms in total. The third kappa shape index (κ3) is 12.4. The van der Waals surface area contributed by atoms with Crippen LogP contribution in [0.4, 0.5) is 8.78 Å². The van der Waals surface area contributed by atoms with E-state index in [1.54, 1.807) is 48.3 Å². The number of halogens is 2. The normalized spacial score (nSPS) is 13.4. The molecule has 0 saturated heterocycles. The van der Waals surface area contributed by atoms with Crippen LogP contribution in [0.1, 0.15) is 104 Å². The van der Waals surface area contributed by atoms with Crippen molar-refractivity contribution in [2.45, 2.75) is 126 Å². The zero-order chi connectivity index (χ0) is 61.4. The average Bonchev–Trinajstić information content (AvgIpc) is 2.59. The van der Waals surface area contributed by atoms with Gasteiger partial charge in [-0.15, -0.1) is 34.0 Å². The van der Waals surface area contributed by atoms with Crippen molar-refractivity contribution >= 4 is 34.0 Å². The maximum absolute atomic E-state index is 13.2. The van der Waals surface area contributed by atoms with E-state index < -0.39 is 0 Å². The predicted octanol–water partition coefficient (Wildman–Crippen LogP) is 20.3. The van der Waals surface area contributed by atoms with Gasteiger partial charge in [0, 0.05) is 62.6 Å². The van der Waals surface area contributed by atoms with E-state index in [9.17, 15) is 8.78 Å². The molecule has 450 valence electrons. The predicted molar refractivity (Wildman–Crippen MR) is 359 cm³/mol. The van der Waals surface area contributed by atoms with Gasteiger partial charge in [0.1, 0.15) is 17.4 Å². The fraction of sp³-hybridized carbons (Fsp3) is 0.260. The molecular formula is C77H71F2N3O4S3. The first-order chi connectivity index (χ1) is 43.2. The summed E-state index contributed by atoms with van der Waals surface area (Å²) in [6, 6.07) is 47.0.